The molecule has 25 heavy (non-hydrogen) atoms. The van der Waals surface area contributed by atoms with Gasteiger partial charge in [-0.05, 0) is 51.0 Å². The van der Waals surface area contributed by atoms with Gasteiger partial charge in [0.15, 0.2) is 0 Å². The third kappa shape index (κ3) is 4.31. The minimum atomic E-state index is -0.243. The van der Waals surface area contributed by atoms with Crippen molar-refractivity contribution in [1.82, 2.24) is 10.2 Å². The van der Waals surface area contributed by atoms with Crippen molar-refractivity contribution in [3.8, 4) is 0 Å². The van der Waals surface area contributed by atoms with Gasteiger partial charge < -0.3 is 20.3 Å². The maximum Gasteiger partial charge on any atom is 0.319 e. The molecule has 1 saturated carbocycles. The number of carbonyl (C=O) groups excluding carboxylic acids is 2. The summed E-state index contributed by atoms with van der Waals surface area (Å²) in [5.74, 6) is 0.0541. The molecule has 2 aliphatic rings. The quantitative estimate of drug-likeness (QED) is 0.885. The molecule has 0 aromatic heterocycles. The Bertz CT molecular complexity index is 613. The number of hydrogen-bond acceptors (Lipinski definition) is 3. The topological polar surface area (TPSA) is 70.7 Å². The van der Waals surface area contributed by atoms with Gasteiger partial charge in [0.2, 0.25) is 0 Å². The minimum Gasteiger partial charge on any atom is -0.374 e. The van der Waals surface area contributed by atoms with Gasteiger partial charge in [0.1, 0.15) is 0 Å². The van der Waals surface area contributed by atoms with E-state index in [2.05, 4.69) is 10.6 Å². The van der Waals surface area contributed by atoms with Crippen molar-refractivity contribution in [3.05, 3.63) is 29.8 Å². The summed E-state index contributed by atoms with van der Waals surface area (Å²) in [5, 5.41) is 5.54. The molecule has 6 heteroatoms. The van der Waals surface area contributed by atoms with E-state index in [0.29, 0.717) is 24.4 Å². The number of fused-ring (bicyclic) bond motifs is 1. The normalized spacial score (nSPS) is 23.1. The summed E-state index contributed by atoms with van der Waals surface area (Å²) in [6.07, 6.45) is 4.59. The molecule has 1 aliphatic carbocycles. The maximum absolute atomic E-state index is 12.9. The number of nitrogens with one attached hydrogen (secondary N) is 2. The molecular formula is C19H27N3O3. The van der Waals surface area contributed by atoms with E-state index in [0.717, 1.165) is 19.3 Å². The van der Waals surface area contributed by atoms with Gasteiger partial charge in [-0.1, -0.05) is 12.8 Å². The summed E-state index contributed by atoms with van der Waals surface area (Å²) in [7, 11) is 0. The molecule has 1 aromatic carbocycles. The molecule has 1 saturated heterocycles. The predicted molar refractivity (Wildman–Crippen MR) is 96.8 cm³/mol. The molecule has 136 valence electrons. The molecule has 1 heterocycles. The molecule has 1 aromatic rings. The van der Waals surface area contributed by atoms with E-state index < -0.39 is 0 Å². The fourth-order valence-electron chi connectivity index (χ4n) is 3.64. The highest BCUT2D eigenvalue weighted by atomic mass is 16.5. The number of nitrogens with zero attached hydrogens (tertiary/aromatic N) is 1. The molecule has 6 nitrogen and oxygen atoms in total. The van der Waals surface area contributed by atoms with Crippen molar-refractivity contribution in [2.45, 2.75) is 57.7 Å². The van der Waals surface area contributed by atoms with E-state index >= 15 is 0 Å². The number of rotatable bonds is 3. The van der Waals surface area contributed by atoms with Crippen LogP contribution in [0.5, 0.6) is 0 Å². The third-order valence-electron chi connectivity index (χ3n) is 4.80. The lowest BCUT2D eigenvalue weighted by atomic mass is 9.89. The molecule has 1 aliphatic heterocycles. The summed E-state index contributed by atoms with van der Waals surface area (Å²) < 4.78 is 5.84. The first kappa shape index (κ1) is 17.7. The first-order valence-electron chi connectivity index (χ1n) is 9.15. The Kier molecular flexibility index (Phi) is 5.58. The summed E-state index contributed by atoms with van der Waals surface area (Å²) >= 11 is 0. The van der Waals surface area contributed by atoms with E-state index in [4.69, 9.17) is 4.74 Å². The molecule has 3 rings (SSSR count). The molecule has 2 N–H and O–H groups in total. The van der Waals surface area contributed by atoms with Gasteiger partial charge in [0.25, 0.3) is 5.91 Å². The fraction of sp³-hybridized carbons (Fsp3) is 0.579. The summed E-state index contributed by atoms with van der Waals surface area (Å²) in [6.45, 7) is 5.07. The van der Waals surface area contributed by atoms with E-state index in [9.17, 15) is 9.59 Å². The van der Waals surface area contributed by atoms with Crippen LogP contribution in [0.25, 0.3) is 0 Å². The average molecular weight is 345 g/mol. The van der Waals surface area contributed by atoms with Crippen molar-refractivity contribution in [3.63, 3.8) is 0 Å². The Labute approximate surface area is 148 Å². The van der Waals surface area contributed by atoms with Crippen LogP contribution in [0.3, 0.4) is 0 Å². The van der Waals surface area contributed by atoms with Gasteiger partial charge in [-0.3, -0.25) is 4.79 Å². The average Bonchev–Trinajstić information content (AvgIpc) is 2.60. The maximum atomic E-state index is 12.9. The first-order valence-corrected chi connectivity index (χ1v) is 9.15. The third-order valence-corrected chi connectivity index (χ3v) is 4.80. The van der Waals surface area contributed by atoms with Crippen LogP contribution in [-0.4, -0.2) is 48.2 Å². The van der Waals surface area contributed by atoms with Crippen molar-refractivity contribution in [2.75, 3.05) is 18.5 Å². The molecule has 2 fully saturated rings. The summed E-state index contributed by atoms with van der Waals surface area (Å²) in [4.78, 5) is 26.6. The SMILES string of the molecule is CC(C)NC(=O)Nc1ccc(C(=O)N2CCO[C@H]3CCCC[C@H]32)cc1. The van der Waals surface area contributed by atoms with Gasteiger partial charge in [-0.25, -0.2) is 4.79 Å². The van der Waals surface area contributed by atoms with E-state index in [1.807, 2.05) is 18.7 Å². The van der Waals surface area contributed by atoms with E-state index in [-0.39, 0.29) is 30.1 Å². The van der Waals surface area contributed by atoms with E-state index in [1.165, 1.54) is 6.42 Å². The van der Waals surface area contributed by atoms with Crippen LogP contribution >= 0.6 is 0 Å². The molecule has 2 atom stereocenters. The van der Waals surface area contributed by atoms with Gasteiger partial charge in [0, 0.05) is 23.8 Å². The second kappa shape index (κ2) is 7.87. The number of amides is 3. The zero-order valence-electron chi connectivity index (χ0n) is 15.0. The number of ether oxygens (including phenoxy) is 1. The highest BCUT2D eigenvalue weighted by molar-refractivity contribution is 5.96. The Morgan fingerprint density at radius 2 is 1.88 bits per heavy atom. The second-order valence-electron chi connectivity index (χ2n) is 7.09. The zero-order valence-corrected chi connectivity index (χ0v) is 15.0. The zero-order chi connectivity index (χ0) is 17.8. The standard InChI is InChI=1S/C19H27N3O3/c1-13(2)20-19(24)21-15-9-7-14(8-10-15)18(23)22-11-12-25-17-6-4-3-5-16(17)22/h7-10,13,16-17H,3-6,11-12H2,1-2H3,(H2,20,21,24)/t16-,17+/m1/s1. The van der Waals surface area contributed by atoms with Crippen LogP contribution in [0.15, 0.2) is 24.3 Å². The van der Waals surface area contributed by atoms with Crippen molar-refractivity contribution in [1.29, 1.82) is 0 Å². The van der Waals surface area contributed by atoms with Gasteiger partial charge in [0.05, 0.1) is 18.8 Å². The Hall–Kier alpha value is -2.08. The smallest absolute Gasteiger partial charge is 0.319 e. The number of morpholine rings is 1. The number of carbonyl (C=O) groups is 2. The van der Waals surface area contributed by atoms with Crippen LogP contribution in [0, 0.1) is 0 Å². The van der Waals surface area contributed by atoms with Crippen LogP contribution in [-0.2, 0) is 4.74 Å². The lowest BCUT2D eigenvalue weighted by Gasteiger charge is -2.43. The molecule has 0 radical (unpaired) electrons. The van der Waals surface area contributed by atoms with Crippen LogP contribution in [0.2, 0.25) is 0 Å². The molecule has 0 unspecified atom stereocenters. The summed E-state index contributed by atoms with van der Waals surface area (Å²) in [5.41, 5.74) is 1.33. The van der Waals surface area contributed by atoms with Gasteiger partial charge in [-0.15, -0.1) is 0 Å². The number of hydrogen-bond donors (Lipinski definition) is 2. The van der Waals surface area contributed by atoms with Crippen molar-refractivity contribution in [2.24, 2.45) is 0 Å². The lowest BCUT2D eigenvalue weighted by molar-refractivity contribution is -0.0752. The second-order valence-corrected chi connectivity index (χ2v) is 7.09. The van der Waals surface area contributed by atoms with Gasteiger partial charge >= 0.3 is 6.03 Å². The first-order chi connectivity index (χ1) is 12.0. The Morgan fingerprint density at radius 3 is 2.60 bits per heavy atom. The number of anilines is 1. The van der Waals surface area contributed by atoms with Crippen LogP contribution in [0.4, 0.5) is 10.5 Å². The molecule has 0 spiro atoms. The lowest BCUT2D eigenvalue weighted by Crippen LogP contribution is -2.54. The number of urea groups is 1. The molecule has 0 bridgehead atoms. The predicted octanol–water partition coefficient (Wildman–Crippen LogP) is 3.00. The fourth-order valence-corrected chi connectivity index (χ4v) is 3.64. The minimum absolute atomic E-state index is 0.0541. The molecular weight excluding hydrogens is 318 g/mol. The summed E-state index contributed by atoms with van der Waals surface area (Å²) in [6, 6.07) is 7.13. The van der Waals surface area contributed by atoms with Crippen molar-refractivity contribution >= 4 is 17.6 Å². The largest absolute Gasteiger partial charge is 0.374 e. The van der Waals surface area contributed by atoms with Gasteiger partial charge in [-0.2, -0.15) is 0 Å². The Balaban J connectivity index is 1.65. The van der Waals surface area contributed by atoms with Crippen molar-refractivity contribution < 1.29 is 14.3 Å². The molecule has 3 amide bonds. The number of benzene rings is 1. The Morgan fingerprint density at radius 1 is 1.16 bits per heavy atom. The highest BCUT2D eigenvalue weighted by Gasteiger charge is 2.36. The van der Waals surface area contributed by atoms with Crippen LogP contribution < -0.4 is 10.6 Å². The van der Waals surface area contributed by atoms with E-state index in [1.54, 1.807) is 24.3 Å². The highest BCUT2D eigenvalue weighted by Crippen LogP contribution is 2.29. The van der Waals surface area contributed by atoms with Crippen LogP contribution in [0.1, 0.15) is 49.9 Å². The monoisotopic (exact) mass is 345 g/mol.